The van der Waals surface area contributed by atoms with E-state index in [0.29, 0.717) is 6.04 Å². The van der Waals surface area contributed by atoms with Gasteiger partial charge >= 0.3 is 0 Å². The number of rotatable bonds is 2. The van der Waals surface area contributed by atoms with Crippen molar-refractivity contribution in [3.8, 4) is 11.3 Å². The highest BCUT2D eigenvalue weighted by Gasteiger charge is 2.09. The van der Waals surface area contributed by atoms with Crippen LogP contribution in [0.1, 0.15) is 25.5 Å². The van der Waals surface area contributed by atoms with Crippen molar-refractivity contribution in [1.29, 1.82) is 0 Å². The van der Waals surface area contributed by atoms with Crippen molar-refractivity contribution in [2.75, 3.05) is 0 Å². The van der Waals surface area contributed by atoms with Crippen LogP contribution in [-0.4, -0.2) is 9.78 Å². The van der Waals surface area contributed by atoms with Crippen LogP contribution >= 0.6 is 11.6 Å². The monoisotopic (exact) mass is 234 g/mol. The standard InChI is InChI=1S/C13H15ClN2/c1-9(2)16-8-10(3)13(15-16)11-5-4-6-12(14)7-11/h4-9H,1-3H3. The van der Waals surface area contributed by atoms with Crippen LogP contribution in [0.15, 0.2) is 30.5 Å². The van der Waals surface area contributed by atoms with E-state index < -0.39 is 0 Å². The summed E-state index contributed by atoms with van der Waals surface area (Å²) in [5, 5.41) is 5.32. The first-order chi connectivity index (χ1) is 7.58. The van der Waals surface area contributed by atoms with Crippen LogP contribution in [0.2, 0.25) is 5.02 Å². The van der Waals surface area contributed by atoms with Crippen LogP contribution in [0.3, 0.4) is 0 Å². The number of hydrogen-bond acceptors (Lipinski definition) is 1. The molecule has 0 N–H and O–H groups in total. The van der Waals surface area contributed by atoms with Crippen LogP contribution < -0.4 is 0 Å². The summed E-state index contributed by atoms with van der Waals surface area (Å²) < 4.78 is 1.98. The Balaban J connectivity index is 2.48. The minimum Gasteiger partial charge on any atom is -0.269 e. The Hall–Kier alpha value is -1.28. The molecule has 0 bridgehead atoms. The molecule has 0 fully saturated rings. The maximum absolute atomic E-state index is 5.98. The summed E-state index contributed by atoms with van der Waals surface area (Å²) in [7, 11) is 0. The van der Waals surface area contributed by atoms with Gasteiger partial charge in [-0.2, -0.15) is 5.10 Å². The van der Waals surface area contributed by atoms with Crippen molar-refractivity contribution in [3.63, 3.8) is 0 Å². The van der Waals surface area contributed by atoms with Crippen molar-refractivity contribution in [1.82, 2.24) is 9.78 Å². The lowest BCUT2D eigenvalue weighted by atomic mass is 10.1. The Morgan fingerprint density at radius 3 is 2.62 bits per heavy atom. The van der Waals surface area contributed by atoms with Crippen LogP contribution in [0, 0.1) is 6.92 Å². The molecule has 1 heterocycles. The van der Waals surface area contributed by atoms with E-state index in [1.165, 1.54) is 5.56 Å². The Labute approximate surface area is 101 Å². The summed E-state index contributed by atoms with van der Waals surface area (Å²) >= 11 is 5.98. The second-order valence-corrected chi connectivity index (χ2v) is 4.68. The van der Waals surface area contributed by atoms with E-state index in [4.69, 9.17) is 11.6 Å². The van der Waals surface area contributed by atoms with Crippen molar-refractivity contribution >= 4 is 11.6 Å². The predicted octanol–water partition coefficient (Wildman–Crippen LogP) is 4.09. The topological polar surface area (TPSA) is 17.8 Å². The van der Waals surface area contributed by atoms with Gasteiger partial charge in [0.1, 0.15) is 0 Å². The lowest BCUT2D eigenvalue weighted by Gasteiger charge is -2.03. The van der Waals surface area contributed by atoms with Gasteiger partial charge in [-0.3, -0.25) is 4.68 Å². The number of aryl methyl sites for hydroxylation is 1. The summed E-state index contributed by atoms with van der Waals surface area (Å²) in [6.07, 6.45) is 2.07. The Kier molecular flexibility index (Phi) is 3.01. The molecule has 0 radical (unpaired) electrons. The smallest absolute Gasteiger partial charge is 0.0952 e. The first kappa shape index (κ1) is 11.2. The van der Waals surface area contributed by atoms with Gasteiger partial charge < -0.3 is 0 Å². The quantitative estimate of drug-likeness (QED) is 0.765. The zero-order chi connectivity index (χ0) is 11.7. The zero-order valence-corrected chi connectivity index (χ0v) is 10.5. The molecule has 0 aliphatic heterocycles. The van der Waals surface area contributed by atoms with E-state index in [1.54, 1.807) is 0 Å². The third-order valence-electron chi connectivity index (χ3n) is 2.54. The van der Waals surface area contributed by atoms with Crippen LogP contribution in [0.4, 0.5) is 0 Å². The Bertz CT molecular complexity index is 500. The number of benzene rings is 1. The first-order valence-electron chi connectivity index (χ1n) is 5.39. The second-order valence-electron chi connectivity index (χ2n) is 4.24. The normalized spacial score (nSPS) is 11.1. The predicted molar refractivity (Wildman–Crippen MR) is 67.8 cm³/mol. The highest BCUT2D eigenvalue weighted by atomic mass is 35.5. The molecule has 2 aromatic rings. The lowest BCUT2D eigenvalue weighted by molar-refractivity contribution is 0.533. The van der Waals surface area contributed by atoms with E-state index in [0.717, 1.165) is 16.3 Å². The third kappa shape index (κ3) is 2.12. The molecule has 2 rings (SSSR count). The first-order valence-corrected chi connectivity index (χ1v) is 5.77. The molecular formula is C13H15ClN2. The van der Waals surface area contributed by atoms with Gasteiger partial charge in [0.25, 0.3) is 0 Å². The summed E-state index contributed by atoms with van der Waals surface area (Å²) in [4.78, 5) is 0. The third-order valence-corrected chi connectivity index (χ3v) is 2.78. The van der Waals surface area contributed by atoms with Crippen molar-refractivity contribution < 1.29 is 0 Å². The average molecular weight is 235 g/mol. The van der Waals surface area contributed by atoms with Gasteiger partial charge in [0.2, 0.25) is 0 Å². The van der Waals surface area contributed by atoms with Gasteiger partial charge in [-0.05, 0) is 38.5 Å². The van der Waals surface area contributed by atoms with Gasteiger partial charge in [0.05, 0.1) is 5.69 Å². The molecule has 0 atom stereocenters. The summed E-state index contributed by atoms with van der Waals surface area (Å²) in [6.45, 7) is 6.31. The Morgan fingerprint density at radius 2 is 2.06 bits per heavy atom. The van der Waals surface area contributed by atoms with Crippen molar-refractivity contribution in [3.05, 3.63) is 41.0 Å². The largest absolute Gasteiger partial charge is 0.269 e. The van der Waals surface area contributed by atoms with Crippen molar-refractivity contribution in [2.24, 2.45) is 0 Å². The summed E-state index contributed by atoms with van der Waals surface area (Å²) in [5.41, 5.74) is 3.26. The SMILES string of the molecule is Cc1cn(C(C)C)nc1-c1cccc(Cl)c1. The van der Waals surface area contributed by atoms with E-state index in [2.05, 4.69) is 32.1 Å². The fourth-order valence-corrected chi connectivity index (χ4v) is 1.86. The molecule has 0 unspecified atom stereocenters. The minimum absolute atomic E-state index is 0.381. The molecule has 0 saturated carbocycles. The van der Waals surface area contributed by atoms with E-state index >= 15 is 0 Å². The molecule has 16 heavy (non-hydrogen) atoms. The van der Waals surface area contributed by atoms with Gasteiger partial charge in [-0.25, -0.2) is 0 Å². The molecule has 0 spiro atoms. The fraction of sp³-hybridized carbons (Fsp3) is 0.308. The van der Waals surface area contributed by atoms with Gasteiger partial charge in [-0.1, -0.05) is 23.7 Å². The average Bonchev–Trinajstić information content (AvgIpc) is 2.60. The second kappa shape index (κ2) is 4.30. The molecule has 1 aromatic carbocycles. The molecule has 84 valence electrons. The van der Waals surface area contributed by atoms with E-state index in [-0.39, 0.29) is 0 Å². The van der Waals surface area contributed by atoms with Gasteiger partial charge in [0.15, 0.2) is 0 Å². The molecule has 0 saturated heterocycles. The van der Waals surface area contributed by atoms with Crippen LogP contribution in [0.25, 0.3) is 11.3 Å². The highest BCUT2D eigenvalue weighted by molar-refractivity contribution is 6.30. The van der Waals surface area contributed by atoms with Crippen molar-refractivity contribution in [2.45, 2.75) is 26.8 Å². The van der Waals surface area contributed by atoms with E-state index in [9.17, 15) is 0 Å². The van der Waals surface area contributed by atoms with Crippen LogP contribution in [0.5, 0.6) is 0 Å². The van der Waals surface area contributed by atoms with E-state index in [1.807, 2.05) is 28.9 Å². The number of halogens is 1. The molecular weight excluding hydrogens is 220 g/mol. The van der Waals surface area contributed by atoms with Crippen LogP contribution in [-0.2, 0) is 0 Å². The molecule has 3 heteroatoms. The molecule has 2 nitrogen and oxygen atoms in total. The maximum Gasteiger partial charge on any atom is 0.0952 e. The lowest BCUT2D eigenvalue weighted by Crippen LogP contribution is -2.00. The molecule has 1 aromatic heterocycles. The number of nitrogens with zero attached hydrogens (tertiary/aromatic N) is 2. The van der Waals surface area contributed by atoms with Gasteiger partial charge in [-0.15, -0.1) is 0 Å². The molecule has 0 amide bonds. The maximum atomic E-state index is 5.98. The minimum atomic E-state index is 0.381. The molecule has 0 aliphatic rings. The fourth-order valence-electron chi connectivity index (χ4n) is 1.67. The molecule has 0 aliphatic carbocycles. The Morgan fingerprint density at radius 1 is 1.31 bits per heavy atom. The number of aromatic nitrogens is 2. The summed E-state index contributed by atoms with van der Waals surface area (Å²) in [5.74, 6) is 0. The summed E-state index contributed by atoms with van der Waals surface area (Å²) in [6, 6.07) is 8.19. The zero-order valence-electron chi connectivity index (χ0n) is 9.74. The number of hydrogen-bond donors (Lipinski definition) is 0. The van der Waals surface area contributed by atoms with Gasteiger partial charge in [0, 0.05) is 22.8 Å². The highest BCUT2D eigenvalue weighted by Crippen LogP contribution is 2.25.